The molecule has 0 aromatic carbocycles. The lowest BCUT2D eigenvalue weighted by Gasteiger charge is -2.18. The summed E-state index contributed by atoms with van der Waals surface area (Å²) < 4.78 is 16.8. The van der Waals surface area contributed by atoms with Gasteiger partial charge in [0.05, 0.1) is 0 Å². The van der Waals surface area contributed by atoms with Crippen molar-refractivity contribution in [3.63, 3.8) is 0 Å². The number of rotatable bonds is 47. The number of allylic oxidation sites excluding steroid dienone is 14. The Morgan fingerprint density at radius 3 is 0.969 bits per heavy atom. The lowest BCUT2D eigenvalue weighted by atomic mass is 10.1. The molecule has 0 bridgehead atoms. The molecule has 0 radical (unpaired) electrons. The minimum atomic E-state index is -0.790. The average molecular weight is 891 g/mol. The molecule has 0 spiro atoms. The summed E-state index contributed by atoms with van der Waals surface area (Å²) in [6.45, 7) is 6.38. The molecule has 0 aliphatic rings. The van der Waals surface area contributed by atoms with Gasteiger partial charge in [-0.1, -0.05) is 202 Å². The minimum absolute atomic E-state index is 0.0907. The van der Waals surface area contributed by atoms with Crippen molar-refractivity contribution >= 4 is 17.9 Å². The van der Waals surface area contributed by atoms with Crippen LogP contribution in [0.4, 0.5) is 0 Å². The van der Waals surface area contributed by atoms with Gasteiger partial charge in [-0.3, -0.25) is 14.4 Å². The molecule has 0 amide bonds. The second kappa shape index (κ2) is 52.2. The first kappa shape index (κ1) is 60.6. The summed E-state index contributed by atoms with van der Waals surface area (Å²) in [5, 5.41) is 0. The molecule has 0 saturated carbocycles. The number of unbranched alkanes of at least 4 members (excludes halogenated alkanes) is 22. The van der Waals surface area contributed by atoms with Gasteiger partial charge in [-0.2, -0.15) is 0 Å². The topological polar surface area (TPSA) is 78.9 Å². The smallest absolute Gasteiger partial charge is 0.306 e. The normalized spacial score (nSPS) is 12.7. The molecule has 6 heteroatoms. The Bertz CT molecular complexity index is 1250. The van der Waals surface area contributed by atoms with E-state index in [4.69, 9.17) is 14.2 Å². The molecule has 0 aromatic heterocycles. The van der Waals surface area contributed by atoms with Crippen molar-refractivity contribution in [3.8, 4) is 0 Å². The van der Waals surface area contributed by atoms with Crippen molar-refractivity contribution in [3.05, 3.63) is 85.1 Å². The van der Waals surface area contributed by atoms with E-state index in [1.807, 2.05) is 0 Å². The zero-order valence-electron chi connectivity index (χ0n) is 41.8. The summed E-state index contributed by atoms with van der Waals surface area (Å²) in [7, 11) is 0. The fourth-order valence-electron chi connectivity index (χ4n) is 7.17. The van der Waals surface area contributed by atoms with Crippen LogP contribution in [0.1, 0.15) is 245 Å². The first-order valence-corrected chi connectivity index (χ1v) is 26.6. The molecule has 0 N–H and O–H groups in total. The Morgan fingerprint density at radius 2 is 0.609 bits per heavy atom. The van der Waals surface area contributed by atoms with Crippen molar-refractivity contribution in [2.24, 2.45) is 0 Å². The number of ether oxygens (including phenoxy) is 3. The van der Waals surface area contributed by atoms with E-state index in [2.05, 4.69) is 106 Å². The SMILES string of the molecule is CC/C=C\C/C=C\C/C=C\C/C=C\CCCCCCCCC(=O)OCC(COC(=O)CCCCCCC/C=C\C/C=C\CC)OC(=O)CCCCCCCCC/C=C\CCCCCC. The number of carbonyl (C=O) groups is 3. The lowest BCUT2D eigenvalue weighted by Crippen LogP contribution is -2.30. The molecule has 1 unspecified atom stereocenters. The Kier molecular flexibility index (Phi) is 49.4. The monoisotopic (exact) mass is 891 g/mol. The summed E-state index contributed by atoms with van der Waals surface area (Å²) >= 11 is 0. The van der Waals surface area contributed by atoms with Crippen LogP contribution in [0.2, 0.25) is 0 Å². The maximum atomic E-state index is 12.8. The molecule has 6 nitrogen and oxygen atoms in total. The Balaban J connectivity index is 4.41. The van der Waals surface area contributed by atoms with Crippen LogP contribution in [0, 0.1) is 0 Å². The highest BCUT2D eigenvalue weighted by Crippen LogP contribution is 2.14. The van der Waals surface area contributed by atoms with Crippen LogP contribution in [0.5, 0.6) is 0 Å². The van der Waals surface area contributed by atoms with E-state index in [9.17, 15) is 14.4 Å². The Hall–Kier alpha value is -3.41. The van der Waals surface area contributed by atoms with Crippen molar-refractivity contribution in [1.29, 1.82) is 0 Å². The predicted octanol–water partition coefficient (Wildman–Crippen LogP) is 17.6. The average Bonchev–Trinajstić information content (AvgIpc) is 3.29. The third kappa shape index (κ3) is 49.6. The van der Waals surface area contributed by atoms with Gasteiger partial charge in [-0.25, -0.2) is 0 Å². The maximum Gasteiger partial charge on any atom is 0.306 e. The highest BCUT2D eigenvalue weighted by molar-refractivity contribution is 5.71. The number of carbonyl (C=O) groups excluding carboxylic acids is 3. The zero-order chi connectivity index (χ0) is 46.5. The summed E-state index contributed by atoms with van der Waals surface area (Å²) in [5.74, 6) is -0.922. The summed E-state index contributed by atoms with van der Waals surface area (Å²) in [4.78, 5) is 38.0. The Morgan fingerprint density at radius 1 is 0.328 bits per heavy atom. The quantitative estimate of drug-likeness (QED) is 0.0262. The highest BCUT2D eigenvalue weighted by atomic mass is 16.6. The highest BCUT2D eigenvalue weighted by Gasteiger charge is 2.19. The molecule has 366 valence electrons. The van der Waals surface area contributed by atoms with Crippen LogP contribution in [0.3, 0.4) is 0 Å². The van der Waals surface area contributed by atoms with Gasteiger partial charge in [0.25, 0.3) is 0 Å². The van der Waals surface area contributed by atoms with E-state index in [0.29, 0.717) is 19.3 Å². The number of hydrogen-bond donors (Lipinski definition) is 0. The number of hydrogen-bond acceptors (Lipinski definition) is 6. The second-order valence-corrected chi connectivity index (χ2v) is 17.4. The van der Waals surface area contributed by atoms with E-state index >= 15 is 0 Å². The van der Waals surface area contributed by atoms with Crippen molar-refractivity contribution < 1.29 is 28.6 Å². The van der Waals surface area contributed by atoms with Gasteiger partial charge in [0.15, 0.2) is 6.10 Å². The Labute approximate surface area is 395 Å². The van der Waals surface area contributed by atoms with Gasteiger partial charge in [-0.15, -0.1) is 0 Å². The molecule has 0 fully saturated rings. The van der Waals surface area contributed by atoms with E-state index in [0.717, 1.165) is 128 Å². The van der Waals surface area contributed by atoms with E-state index in [1.54, 1.807) is 0 Å². The number of esters is 3. The molecule has 0 aliphatic heterocycles. The molecule has 0 saturated heterocycles. The maximum absolute atomic E-state index is 12.8. The summed E-state index contributed by atoms with van der Waals surface area (Å²) in [6, 6.07) is 0. The molecule has 1 atom stereocenters. The van der Waals surface area contributed by atoms with Gasteiger partial charge >= 0.3 is 17.9 Å². The fraction of sp³-hybridized carbons (Fsp3) is 0.707. The third-order valence-electron chi connectivity index (χ3n) is 11.1. The van der Waals surface area contributed by atoms with Crippen LogP contribution in [0.25, 0.3) is 0 Å². The standard InChI is InChI=1S/C58H98O6/c1-4-7-10-13-16-19-22-25-27-28-29-30-32-33-36-39-42-45-48-51-57(60)63-54-55(53-62-56(59)50-47-44-41-38-35-24-21-18-15-12-9-6-3)64-58(61)52-49-46-43-40-37-34-31-26-23-20-17-14-11-8-5-2/h7,9-10,12,16,18-21,23,25,27,29-30,55H,4-6,8,11,13-15,17,22,24,26,28,31-54H2,1-3H3/b10-7-,12-9-,19-16-,21-18-,23-20-,27-25-,30-29-. The van der Waals surface area contributed by atoms with Crippen LogP contribution in [0.15, 0.2) is 85.1 Å². The molecule has 0 aromatic rings. The lowest BCUT2D eigenvalue weighted by molar-refractivity contribution is -0.167. The first-order valence-electron chi connectivity index (χ1n) is 26.6. The summed E-state index contributed by atoms with van der Waals surface area (Å²) in [5.41, 5.74) is 0. The predicted molar refractivity (Wildman–Crippen MR) is 274 cm³/mol. The zero-order valence-corrected chi connectivity index (χ0v) is 41.8. The summed E-state index contributed by atoms with van der Waals surface area (Å²) in [6.07, 6.45) is 67.1. The van der Waals surface area contributed by atoms with Gasteiger partial charge < -0.3 is 14.2 Å². The first-order chi connectivity index (χ1) is 31.5. The van der Waals surface area contributed by atoms with Gasteiger partial charge in [0, 0.05) is 19.3 Å². The second-order valence-electron chi connectivity index (χ2n) is 17.4. The van der Waals surface area contributed by atoms with Crippen LogP contribution in [-0.4, -0.2) is 37.2 Å². The molecule has 0 rings (SSSR count). The third-order valence-corrected chi connectivity index (χ3v) is 11.1. The van der Waals surface area contributed by atoms with Gasteiger partial charge in [0.1, 0.15) is 13.2 Å². The van der Waals surface area contributed by atoms with Crippen molar-refractivity contribution in [1.82, 2.24) is 0 Å². The molecule has 0 aliphatic carbocycles. The van der Waals surface area contributed by atoms with Crippen LogP contribution < -0.4 is 0 Å². The van der Waals surface area contributed by atoms with E-state index < -0.39 is 6.10 Å². The fourth-order valence-corrected chi connectivity index (χ4v) is 7.17. The van der Waals surface area contributed by atoms with Gasteiger partial charge in [-0.05, 0) is 109 Å². The molecular weight excluding hydrogens is 793 g/mol. The van der Waals surface area contributed by atoms with E-state index in [-0.39, 0.29) is 31.1 Å². The molecule has 0 heterocycles. The van der Waals surface area contributed by atoms with Gasteiger partial charge in [0.2, 0.25) is 0 Å². The minimum Gasteiger partial charge on any atom is -0.462 e. The van der Waals surface area contributed by atoms with Crippen LogP contribution >= 0.6 is 0 Å². The largest absolute Gasteiger partial charge is 0.462 e. The van der Waals surface area contributed by atoms with Crippen molar-refractivity contribution in [2.75, 3.05) is 13.2 Å². The molecular formula is C58H98O6. The molecule has 64 heavy (non-hydrogen) atoms. The van der Waals surface area contributed by atoms with Crippen molar-refractivity contribution in [2.45, 2.75) is 252 Å². The van der Waals surface area contributed by atoms with E-state index in [1.165, 1.54) is 77.0 Å². The van der Waals surface area contributed by atoms with Crippen LogP contribution in [-0.2, 0) is 28.6 Å².